The third kappa shape index (κ3) is 4.05. The standard InChI is InChI=1S/C20H17F3N4O4S/c21-14-6-5-11(8-13(14)20(28)29)32(30,31)26-17-9-12(15(22)10-16(17)23)19-25-24-18-4-2-1-3-7-27(18)19/h5-6,8-10,26H,1-4,7H2,(H,28,29). The number of sulfonamides is 1. The molecule has 1 aromatic heterocycles. The van der Waals surface area contributed by atoms with Crippen LogP contribution < -0.4 is 4.72 Å². The van der Waals surface area contributed by atoms with Crippen molar-refractivity contribution >= 4 is 21.7 Å². The number of aromatic carboxylic acids is 1. The van der Waals surface area contributed by atoms with E-state index < -0.39 is 49.6 Å². The van der Waals surface area contributed by atoms with Crippen LogP contribution in [0, 0.1) is 17.5 Å². The molecule has 0 spiro atoms. The summed E-state index contributed by atoms with van der Waals surface area (Å²) in [6.45, 7) is 0.545. The predicted molar refractivity (Wildman–Crippen MR) is 107 cm³/mol. The average molecular weight is 466 g/mol. The van der Waals surface area contributed by atoms with E-state index >= 15 is 0 Å². The molecule has 3 aromatic rings. The number of carboxylic acids is 1. The van der Waals surface area contributed by atoms with E-state index in [4.69, 9.17) is 5.11 Å². The van der Waals surface area contributed by atoms with Crippen molar-refractivity contribution in [1.82, 2.24) is 14.8 Å². The summed E-state index contributed by atoms with van der Waals surface area (Å²) in [5.74, 6) is -4.11. The summed E-state index contributed by atoms with van der Waals surface area (Å²) in [7, 11) is -4.52. The van der Waals surface area contributed by atoms with E-state index in [0.717, 1.165) is 31.4 Å². The number of benzene rings is 2. The van der Waals surface area contributed by atoms with Crippen LogP contribution in [0.25, 0.3) is 11.4 Å². The topological polar surface area (TPSA) is 114 Å². The predicted octanol–water partition coefficient (Wildman–Crippen LogP) is 3.59. The number of nitrogens with zero attached hydrogens (tertiary/aromatic N) is 3. The molecule has 1 aliphatic rings. The zero-order valence-corrected chi connectivity index (χ0v) is 17.3. The lowest BCUT2D eigenvalue weighted by Crippen LogP contribution is -2.16. The van der Waals surface area contributed by atoms with Crippen LogP contribution >= 0.6 is 0 Å². The lowest BCUT2D eigenvalue weighted by atomic mass is 10.1. The minimum Gasteiger partial charge on any atom is -0.478 e. The van der Waals surface area contributed by atoms with Crippen LogP contribution in [0.4, 0.5) is 18.9 Å². The third-order valence-electron chi connectivity index (χ3n) is 5.13. The fourth-order valence-electron chi connectivity index (χ4n) is 3.52. The van der Waals surface area contributed by atoms with E-state index in [9.17, 15) is 26.4 Å². The minimum absolute atomic E-state index is 0.143. The van der Waals surface area contributed by atoms with Crippen LogP contribution in [-0.2, 0) is 23.0 Å². The molecule has 2 heterocycles. The van der Waals surface area contributed by atoms with Crippen molar-refractivity contribution in [2.75, 3.05) is 4.72 Å². The molecular weight excluding hydrogens is 449 g/mol. The zero-order chi connectivity index (χ0) is 23.0. The van der Waals surface area contributed by atoms with Gasteiger partial charge in [-0.1, -0.05) is 6.42 Å². The molecule has 32 heavy (non-hydrogen) atoms. The molecule has 0 amide bonds. The fourth-order valence-corrected chi connectivity index (χ4v) is 4.61. The first-order valence-electron chi connectivity index (χ1n) is 9.64. The molecule has 0 unspecified atom stereocenters. The van der Waals surface area contributed by atoms with Crippen LogP contribution in [-0.4, -0.2) is 34.3 Å². The Morgan fingerprint density at radius 2 is 1.78 bits per heavy atom. The average Bonchev–Trinajstić information content (AvgIpc) is 2.97. The Morgan fingerprint density at radius 3 is 2.53 bits per heavy atom. The van der Waals surface area contributed by atoms with Gasteiger partial charge >= 0.3 is 5.97 Å². The van der Waals surface area contributed by atoms with Crippen molar-refractivity contribution in [3.63, 3.8) is 0 Å². The lowest BCUT2D eigenvalue weighted by molar-refractivity contribution is 0.0691. The van der Waals surface area contributed by atoms with E-state index in [0.29, 0.717) is 37.0 Å². The highest BCUT2D eigenvalue weighted by Crippen LogP contribution is 2.30. The molecule has 1 aliphatic heterocycles. The van der Waals surface area contributed by atoms with Gasteiger partial charge in [0.15, 0.2) is 5.82 Å². The van der Waals surface area contributed by atoms with Crippen LogP contribution in [0.15, 0.2) is 35.2 Å². The minimum atomic E-state index is -4.52. The first-order valence-corrected chi connectivity index (χ1v) is 11.1. The van der Waals surface area contributed by atoms with Gasteiger partial charge in [-0.05, 0) is 37.1 Å². The molecule has 2 aromatic carbocycles. The quantitative estimate of drug-likeness (QED) is 0.594. The second-order valence-electron chi connectivity index (χ2n) is 7.27. The highest BCUT2D eigenvalue weighted by molar-refractivity contribution is 7.92. The SMILES string of the molecule is O=C(O)c1cc(S(=O)(=O)Nc2cc(-c3nnc4n3CCCCC4)c(F)cc2F)ccc1F. The Kier molecular flexibility index (Phi) is 5.63. The van der Waals surface area contributed by atoms with Crippen molar-refractivity contribution in [1.29, 1.82) is 0 Å². The van der Waals surface area contributed by atoms with Gasteiger partial charge in [-0.15, -0.1) is 10.2 Å². The van der Waals surface area contributed by atoms with Crippen LogP contribution in [0.1, 0.15) is 35.4 Å². The summed E-state index contributed by atoms with van der Waals surface area (Å²) in [5.41, 5.74) is -1.58. The lowest BCUT2D eigenvalue weighted by Gasteiger charge is -2.13. The Balaban J connectivity index is 1.74. The normalized spacial score (nSPS) is 14.0. The molecule has 2 N–H and O–H groups in total. The van der Waals surface area contributed by atoms with Gasteiger partial charge in [0.2, 0.25) is 0 Å². The Morgan fingerprint density at radius 1 is 1.00 bits per heavy atom. The Bertz CT molecular complexity index is 1320. The third-order valence-corrected chi connectivity index (χ3v) is 6.49. The highest BCUT2D eigenvalue weighted by Gasteiger charge is 2.24. The number of aryl methyl sites for hydroxylation is 1. The molecular formula is C20H17F3N4O4S. The molecule has 8 nitrogen and oxygen atoms in total. The number of fused-ring (bicyclic) bond motifs is 1. The molecule has 0 radical (unpaired) electrons. The molecule has 0 fully saturated rings. The van der Waals surface area contributed by atoms with Gasteiger partial charge in [0.05, 0.1) is 21.7 Å². The second kappa shape index (κ2) is 8.26. The monoisotopic (exact) mass is 466 g/mol. The van der Waals surface area contributed by atoms with Crippen molar-refractivity contribution in [3.05, 3.63) is 59.2 Å². The number of anilines is 1. The molecule has 4 rings (SSSR count). The molecule has 12 heteroatoms. The van der Waals surface area contributed by atoms with Crippen LogP contribution in [0.3, 0.4) is 0 Å². The van der Waals surface area contributed by atoms with Crippen molar-refractivity contribution in [3.8, 4) is 11.4 Å². The summed E-state index contributed by atoms with van der Waals surface area (Å²) in [6.07, 6.45) is 3.36. The number of nitrogens with one attached hydrogen (secondary N) is 1. The maximum absolute atomic E-state index is 14.6. The molecule has 0 bridgehead atoms. The Labute approximate surface area is 180 Å². The summed E-state index contributed by atoms with van der Waals surface area (Å²) in [4.78, 5) is 10.5. The second-order valence-corrected chi connectivity index (χ2v) is 8.95. The largest absolute Gasteiger partial charge is 0.478 e. The van der Waals surface area contributed by atoms with Gasteiger partial charge in [0.1, 0.15) is 23.3 Å². The van der Waals surface area contributed by atoms with Gasteiger partial charge < -0.3 is 9.67 Å². The first-order chi connectivity index (χ1) is 15.2. The molecule has 0 saturated carbocycles. The van der Waals surface area contributed by atoms with E-state index in [1.165, 1.54) is 0 Å². The van der Waals surface area contributed by atoms with Gasteiger partial charge in [-0.2, -0.15) is 0 Å². The number of carbonyl (C=O) groups is 1. The number of hydrogen-bond donors (Lipinski definition) is 2. The summed E-state index contributed by atoms with van der Waals surface area (Å²) >= 11 is 0. The van der Waals surface area contributed by atoms with Gasteiger partial charge in [-0.3, -0.25) is 4.72 Å². The number of rotatable bonds is 5. The molecule has 0 atom stereocenters. The molecule has 168 valence electrons. The van der Waals surface area contributed by atoms with E-state index in [1.54, 1.807) is 4.57 Å². The zero-order valence-electron chi connectivity index (χ0n) is 16.5. The van der Waals surface area contributed by atoms with Gasteiger partial charge in [0, 0.05) is 19.0 Å². The number of aromatic nitrogens is 3. The summed E-state index contributed by atoms with van der Waals surface area (Å²) in [5, 5.41) is 17.1. The van der Waals surface area contributed by atoms with Crippen molar-refractivity contribution in [2.24, 2.45) is 0 Å². The molecule has 0 saturated heterocycles. The molecule has 0 aliphatic carbocycles. The van der Waals surface area contributed by atoms with E-state index in [-0.39, 0.29) is 11.4 Å². The van der Waals surface area contributed by atoms with Gasteiger partial charge in [0.25, 0.3) is 10.0 Å². The fraction of sp³-hybridized carbons (Fsp3) is 0.250. The maximum Gasteiger partial charge on any atom is 0.338 e. The van der Waals surface area contributed by atoms with Crippen molar-refractivity contribution < 1.29 is 31.5 Å². The number of carboxylic acid groups (broad SMARTS) is 1. The van der Waals surface area contributed by atoms with Gasteiger partial charge in [-0.25, -0.2) is 26.4 Å². The van der Waals surface area contributed by atoms with Crippen LogP contribution in [0.5, 0.6) is 0 Å². The number of hydrogen-bond acceptors (Lipinski definition) is 5. The van der Waals surface area contributed by atoms with E-state index in [2.05, 4.69) is 10.2 Å². The first kappa shape index (κ1) is 21.8. The smallest absolute Gasteiger partial charge is 0.338 e. The Hall–Kier alpha value is -3.41. The highest BCUT2D eigenvalue weighted by atomic mass is 32.2. The van der Waals surface area contributed by atoms with Crippen LogP contribution in [0.2, 0.25) is 0 Å². The maximum atomic E-state index is 14.6. The summed E-state index contributed by atoms with van der Waals surface area (Å²) < 4.78 is 71.7. The summed E-state index contributed by atoms with van der Waals surface area (Å²) in [6, 6.07) is 3.62. The van der Waals surface area contributed by atoms with Crippen molar-refractivity contribution in [2.45, 2.75) is 37.1 Å². The number of halogens is 3. The van der Waals surface area contributed by atoms with E-state index in [1.807, 2.05) is 4.72 Å².